The highest BCUT2D eigenvalue weighted by molar-refractivity contribution is 5.96. The first kappa shape index (κ1) is 14.1. The fourth-order valence-electron chi connectivity index (χ4n) is 2.13. The monoisotopic (exact) mass is 266 g/mol. The van der Waals surface area contributed by atoms with E-state index in [9.17, 15) is 4.79 Å². The van der Waals surface area contributed by atoms with E-state index >= 15 is 0 Å². The van der Waals surface area contributed by atoms with Gasteiger partial charge in [-0.15, -0.1) is 6.58 Å². The molecule has 0 aromatic heterocycles. The fraction of sp³-hybridized carbons (Fsp3) is 0.167. The van der Waals surface area contributed by atoms with Crippen LogP contribution in [-0.4, -0.2) is 12.9 Å². The minimum Gasteiger partial charge on any atom is -0.497 e. The van der Waals surface area contributed by atoms with Crippen molar-refractivity contribution >= 4 is 5.78 Å². The van der Waals surface area contributed by atoms with E-state index in [0.29, 0.717) is 6.42 Å². The van der Waals surface area contributed by atoms with E-state index in [2.05, 4.69) is 6.58 Å². The van der Waals surface area contributed by atoms with Gasteiger partial charge in [0.15, 0.2) is 5.78 Å². The van der Waals surface area contributed by atoms with Gasteiger partial charge in [0.2, 0.25) is 0 Å². The third-order valence-electron chi connectivity index (χ3n) is 3.33. The second-order valence-electron chi connectivity index (χ2n) is 4.61. The third kappa shape index (κ3) is 3.35. The van der Waals surface area contributed by atoms with Crippen LogP contribution < -0.4 is 4.74 Å². The summed E-state index contributed by atoms with van der Waals surface area (Å²) in [4.78, 5) is 12.2. The molecule has 102 valence electrons. The Balaban J connectivity index is 2.12. The minimum atomic E-state index is 0.0219. The van der Waals surface area contributed by atoms with Crippen molar-refractivity contribution in [2.45, 2.75) is 12.3 Å². The number of hydrogen-bond donors (Lipinski definition) is 0. The predicted molar refractivity (Wildman–Crippen MR) is 81.3 cm³/mol. The number of Topliss-reactive ketones (excluding diaryl/α,β-unsaturated/α-hetero) is 1. The van der Waals surface area contributed by atoms with Gasteiger partial charge in [0.25, 0.3) is 0 Å². The van der Waals surface area contributed by atoms with Crippen LogP contribution in [0.5, 0.6) is 5.75 Å². The van der Waals surface area contributed by atoms with Crippen LogP contribution in [0.25, 0.3) is 0 Å². The molecule has 2 rings (SSSR count). The lowest BCUT2D eigenvalue weighted by molar-refractivity contribution is 0.0978. The largest absolute Gasteiger partial charge is 0.497 e. The lowest BCUT2D eigenvalue weighted by Gasteiger charge is -2.13. The Morgan fingerprint density at radius 3 is 2.35 bits per heavy atom. The molecule has 0 amide bonds. The summed E-state index contributed by atoms with van der Waals surface area (Å²) in [6.45, 7) is 3.84. The minimum absolute atomic E-state index is 0.0219. The lowest BCUT2D eigenvalue weighted by Crippen LogP contribution is -2.05. The number of ether oxygens (including phenoxy) is 1. The van der Waals surface area contributed by atoms with Gasteiger partial charge in [0, 0.05) is 17.9 Å². The second-order valence-corrected chi connectivity index (χ2v) is 4.61. The Morgan fingerprint density at radius 1 is 1.15 bits per heavy atom. The van der Waals surface area contributed by atoms with Crippen LogP contribution in [0.2, 0.25) is 0 Å². The zero-order valence-corrected chi connectivity index (χ0v) is 11.6. The molecule has 0 N–H and O–H groups in total. The molecular weight excluding hydrogens is 248 g/mol. The van der Waals surface area contributed by atoms with Crippen LogP contribution in [0, 0.1) is 0 Å². The summed E-state index contributed by atoms with van der Waals surface area (Å²) in [6, 6.07) is 17.1. The highest BCUT2D eigenvalue weighted by Crippen LogP contribution is 2.24. The van der Waals surface area contributed by atoms with Crippen LogP contribution >= 0.6 is 0 Å². The van der Waals surface area contributed by atoms with Gasteiger partial charge in [-0.2, -0.15) is 0 Å². The average Bonchev–Trinajstić information content (AvgIpc) is 2.53. The Morgan fingerprint density at radius 2 is 1.80 bits per heavy atom. The molecule has 0 radical (unpaired) electrons. The van der Waals surface area contributed by atoms with Crippen molar-refractivity contribution in [3.8, 4) is 5.75 Å². The highest BCUT2D eigenvalue weighted by atomic mass is 16.5. The molecule has 2 heteroatoms. The SMILES string of the molecule is C=CC(CC(=O)c1ccccc1)c1ccc(OC)cc1. The van der Waals surface area contributed by atoms with Gasteiger partial charge in [-0.3, -0.25) is 4.79 Å². The molecule has 2 aromatic carbocycles. The summed E-state index contributed by atoms with van der Waals surface area (Å²) in [6.07, 6.45) is 2.25. The average molecular weight is 266 g/mol. The summed E-state index contributed by atoms with van der Waals surface area (Å²) in [5, 5.41) is 0. The standard InChI is InChI=1S/C18H18O2/c1-3-14(15-9-11-17(20-2)12-10-15)13-18(19)16-7-5-4-6-8-16/h3-12,14H,1,13H2,2H3. The van der Waals surface area contributed by atoms with Gasteiger partial charge in [-0.1, -0.05) is 48.5 Å². The van der Waals surface area contributed by atoms with E-state index in [1.165, 1.54) is 0 Å². The van der Waals surface area contributed by atoms with Crippen LogP contribution in [0.15, 0.2) is 67.3 Å². The lowest BCUT2D eigenvalue weighted by atomic mass is 9.91. The summed E-state index contributed by atoms with van der Waals surface area (Å²) >= 11 is 0. The maximum absolute atomic E-state index is 12.2. The van der Waals surface area contributed by atoms with Crippen molar-refractivity contribution < 1.29 is 9.53 Å². The molecule has 0 saturated heterocycles. The highest BCUT2D eigenvalue weighted by Gasteiger charge is 2.14. The van der Waals surface area contributed by atoms with E-state index < -0.39 is 0 Å². The Labute approximate surface area is 119 Å². The molecule has 2 aromatic rings. The second kappa shape index (κ2) is 6.71. The number of hydrogen-bond acceptors (Lipinski definition) is 2. The molecule has 1 unspecified atom stereocenters. The van der Waals surface area contributed by atoms with E-state index in [1.807, 2.05) is 60.7 Å². The van der Waals surface area contributed by atoms with E-state index in [4.69, 9.17) is 4.74 Å². The van der Waals surface area contributed by atoms with Gasteiger partial charge in [0.1, 0.15) is 5.75 Å². The predicted octanol–water partition coefficient (Wildman–Crippen LogP) is 4.24. The number of carbonyl (C=O) groups excluding carboxylic acids is 1. The molecule has 1 atom stereocenters. The summed E-state index contributed by atoms with van der Waals surface area (Å²) in [5.74, 6) is 0.964. The van der Waals surface area contributed by atoms with Crippen molar-refractivity contribution in [3.63, 3.8) is 0 Å². The number of rotatable bonds is 6. The molecule has 0 aliphatic carbocycles. The summed E-state index contributed by atoms with van der Waals surface area (Å²) < 4.78 is 5.14. The van der Waals surface area contributed by atoms with Gasteiger partial charge in [-0.25, -0.2) is 0 Å². The Hall–Kier alpha value is -2.35. The van der Waals surface area contributed by atoms with Crippen LogP contribution in [0.4, 0.5) is 0 Å². The van der Waals surface area contributed by atoms with Crippen molar-refractivity contribution in [1.82, 2.24) is 0 Å². The zero-order valence-electron chi connectivity index (χ0n) is 11.6. The van der Waals surface area contributed by atoms with Crippen molar-refractivity contribution in [3.05, 3.63) is 78.4 Å². The summed E-state index contributed by atoms with van der Waals surface area (Å²) in [5.41, 5.74) is 1.82. The quantitative estimate of drug-likeness (QED) is 0.577. The Kier molecular flexibility index (Phi) is 4.72. The molecule has 0 aliphatic rings. The van der Waals surface area contributed by atoms with Crippen LogP contribution in [-0.2, 0) is 0 Å². The van der Waals surface area contributed by atoms with E-state index in [-0.39, 0.29) is 11.7 Å². The first-order valence-corrected chi connectivity index (χ1v) is 6.59. The van der Waals surface area contributed by atoms with Crippen LogP contribution in [0.1, 0.15) is 28.3 Å². The van der Waals surface area contributed by atoms with Crippen molar-refractivity contribution in [2.24, 2.45) is 0 Å². The molecular formula is C18H18O2. The molecule has 0 fully saturated rings. The molecule has 0 aliphatic heterocycles. The first-order valence-electron chi connectivity index (χ1n) is 6.59. The third-order valence-corrected chi connectivity index (χ3v) is 3.33. The van der Waals surface area contributed by atoms with E-state index in [0.717, 1.165) is 16.9 Å². The van der Waals surface area contributed by atoms with Gasteiger partial charge in [-0.05, 0) is 17.7 Å². The smallest absolute Gasteiger partial charge is 0.163 e. The van der Waals surface area contributed by atoms with Crippen molar-refractivity contribution in [1.29, 1.82) is 0 Å². The number of ketones is 1. The Bertz CT molecular complexity index is 570. The molecule has 0 saturated carbocycles. The van der Waals surface area contributed by atoms with Crippen LogP contribution in [0.3, 0.4) is 0 Å². The maximum Gasteiger partial charge on any atom is 0.163 e. The summed E-state index contributed by atoms with van der Waals surface area (Å²) in [7, 11) is 1.64. The molecule has 20 heavy (non-hydrogen) atoms. The van der Waals surface area contributed by atoms with Gasteiger partial charge < -0.3 is 4.74 Å². The molecule has 2 nitrogen and oxygen atoms in total. The van der Waals surface area contributed by atoms with Gasteiger partial charge in [0.05, 0.1) is 7.11 Å². The topological polar surface area (TPSA) is 26.3 Å². The number of allylic oxidation sites excluding steroid dienone is 1. The number of carbonyl (C=O) groups is 1. The zero-order chi connectivity index (χ0) is 14.4. The number of methoxy groups -OCH3 is 1. The van der Waals surface area contributed by atoms with Crippen molar-refractivity contribution in [2.75, 3.05) is 7.11 Å². The van der Waals surface area contributed by atoms with Gasteiger partial charge >= 0.3 is 0 Å². The maximum atomic E-state index is 12.2. The molecule has 0 spiro atoms. The number of benzene rings is 2. The molecule has 0 bridgehead atoms. The normalized spacial score (nSPS) is 11.7. The van der Waals surface area contributed by atoms with E-state index in [1.54, 1.807) is 7.11 Å². The first-order chi connectivity index (χ1) is 9.74. The molecule has 0 heterocycles. The fourth-order valence-corrected chi connectivity index (χ4v) is 2.13.